The predicted octanol–water partition coefficient (Wildman–Crippen LogP) is 4.89. The average molecular weight is 335 g/mol. The van der Waals surface area contributed by atoms with Crippen LogP contribution in [-0.2, 0) is 5.60 Å². The fourth-order valence-electron chi connectivity index (χ4n) is 2.54. The molecule has 1 aliphatic rings. The van der Waals surface area contributed by atoms with Crippen molar-refractivity contribution in [3.63, 3.8) is 0 Å². The van der Waals surface area contributed by atoms with Gasteiger partial charge in [-0.2, -0.15) is 0 Å². The van der Waals surface area contributed by atoms with Crippen LogP contribution >= 0.6 is 27.7 Å². The Bertz CT molecular complexity index is 592. The van der Waals surface area contributed by atoms with Gasteiger partial charge in [0, 0.05) is 14.6 Å². The molecule has 1 N–H and O–H groups in total. The van der Waals surface area contributed by atoms with Crippen molar-refractivity contribution >= 4 is 27.7 Å². The first-order valence-electron chi connectivity index (χ1n) is 6.30. The Morgan fingerprint density at radius 2 is 1.84 bits per heavy atom. The highest BCUT2D eigenvalue weighted by Gasteiger charge is 2.35. The molecular weight excluding hydrogens is 320 g/mol. The lowest BCUT2D eigenvalue weighted by Crippen LogP contribution is -2.27. The van der Waals surface area contributed by atoms with E-state index < -0.39 is 5.60 Å². The van der Waals surface area contributed by atoms with Crippen molar-refractivity contribution in [1.29, 1.82) is 0 Å². The summed E-state index contributed by atoms with van der Waals surface area (Å²) in [5.41, 5.74) is 1.57. The van der Waals surface area contributed by atoms with E-state index in [2.05, 4.69) is 46.3 Å². The first kappa shape index (κ1) is 13.2. The van der Waals surface area contributed by atoms with Crippen molar-refractivity contribution in [2.45, 2.75) is 29.1 Å². The quantitative estimate of drug-likeness (QED) is 0.800. The molecule has 0 saturated carbocycles. The molecule has 0 aliphatic carbocycles. The summed E-state index contributed by atoms with van der Waals surface area (Å²) in [4.78, 5) is 1.19. The van der Waals surface area contributed by atoms with Crippen LogP contribution in [0, 0.1) is 0 Å². The number of aliphatic hydroxyl groups is 1. The molecule has 0 aromatic heterocycles. The number of thioether (sulfide) groups is 1. The van der Waals surface area contributed by atoms with Crippen LogP contribution in [0.25, 0.3) is 0 Å². The van der Waals surface area contributed by atoms with Gasteiger partial charge in [-0.05, 0) is 42.7 Å². The van der Waals surface area contributed by atoms with Gasteiger partial charge >= 0.3 is 0 Å². The zero-order valence-corrected chi connectivity index (χ0v) is 13.0. The average Bonchev–Trinajstić information content (AvgIpc) is 2.39. The van der Waals surface area contributed by atoms with Crippen molar-refractivity contribution < 1.29 is 5.11 Å². The standard InChI is InChI=1S/C16H15BrOS/c1-16(18)10-15(11-6-8-12(17)9-7-11)19-14-5-3-2-4-13(14)16/h2-9,15,18H,10H2,1H3/t15-,16-/m1/s1. The fourth-order valence-corrected chi connectivity index (χ4v) is 4.39. The molecule has 3 rings (SSSR count). The highest BCUT2D eigenvalue weighted by Crippen LogP contribution is 2.51. The van der Waals surface area contributed by atoms with Gasteiger partial charge in [-0.25, -0.2) is 0 Å². The molecule has 19 heavy (non-hydrogen) atoms. The maximum atomic E-state index is 10.7. The van der Waals surface area contributed by atoms with Crippen molar-refractivity contribution in [3.05, 3.63) is 64.1 Å². The van der Waals surface area contributed by atoms with Crippen molar-refractivity contribution in [2.24, 2.45) is 0 Å². The van der Waals surface area contributed by atoms with Crippen LogP contribution in [0.15, 0.2) is 57.9 Å². The molecule has 3 heteroatoms. The maximum absolute atomic E-state index is 10.7. The zero-order valence-electron chi connectivity index (χ0n) is 10.6. The summed E-state index contributed by atoms with van der Waals surface area (Å²) >= 11 is 5.30. The fraction of sp³-hybridized carbons (Fsp3) is 0.250. The Balaban J connectivity index is 1.98. The highest BCUT2D eigenvalue weighted by molar-refractivity contribution is 9.10. The van der Waals surface area contributed by atoms with E-state index in [0.29, 0.717) is 5.25 Å². The smallest absolute Gasteiger partial charge is 0.0893 e. The predicted molar refractivity (Wildman–Crippen MR) is 83.4 cm³/mol. The van der Waals surface area contributed by atoms with Gasteiger partial charge in [0.25, 0.3) is 0 Å². The third kappa shape index (κ3) is 2.60. The summed E-state index contributed by atoms with van der Waals surface area (Å²) in [6.07, 6.45) is 0.746. The summed E-state index contributed by atoms with van der Waals surface area (Å²) in [6, 6.07) is 16.5. The molecule has 0 unspecified atom stereocenters. The number of fused-ring (bicyclic) bond motifs is 1. The molecule has 2 atom stereocenters. The lowest BCUT2D eigenvalue weighted by molar-refractivity contribution is 0.0421. The van der Waals surface area contributed by atoms with E-state index in [1.807, 2.05) is 36.9 Å². The van der Waals surface area contributed by atoms with Crippen LogP contribution in [0.2, 0.25) is 0 Å². The van der Waals surface area contributed by atoms with Gasteiger partial charge in [0.15, 0.2) is 0 Å². The van der Waals surface area contributed by atoms with E-state index in [4.69, 9.17) is 0 Å². The first-order chi connectivity index (χ1) is 9.06. The minimum absolute atomic E-state index is 0.304. The number of rotatable bonds is 1. The van der Waals surface area contributed by atoms with E-state index in [9.17, 15) is 5.11 Å². The normalized spacial score (nSPS) is 25.9. The van der Waals surface area contributed by atoms with Gasteiger partial charge in [-0.1, -0.05) is 46.3 Å². The summed E-state index contributed by atoms with van der Waals surface area (Å²) in [6.45, 7) is 1.91. The Hall–Kier alpha value is -0.770. The lowest BCUT2D eigenvalue weighted by atomic mass is 9.88. The van der Waals surface area contributed by atoms with Gasteiger partial charge in [0.05, 0.1) is 5.60 Å². The Kier molecular flexibility index (Phi) is 3.46. The molecule has 0 bridgehead atoms. The van der Waals surface area contributed by atoms with Crippen molar-refractivity contribution in [3.8, 4) is 0 Å². The minimum atomic E-state index is -0.750. The molecule has 1 aliphatic heterocycles. The van der Waals surface area contributed by atoms with E-state index in [1.165, 1.54) is 10.5 Å². The monoisotopic (exact) mass is 334 g/mol. The molecular formula is C16H15BrOS. The van der Waals surface area contributed by atoms with Gasteiger partial charge in [-0.15, -0.1) is 11.8 Å². The van der Waals surface area contributed by atoms with E-state index >= 15 is 0 Å². The summed E-state index contributed by atoms with van der Waals surface area (Å²) in [5.74, 6) is 0. The lowest BCUT2D eigenvalue weighted by Gasteiger charge is -2.35. The highest BCUT2D eigenvalue weighted by atomic mass is 79.9. The molecule has 0 amide bonds. The van der Waals surface area contributed by atoms with Crippen LogP contribution in [-0.4, -0.2) is 5.11 Å². The van der Waals surface area contributed by atoms with Gasteiger partial charge in [-0.3, -0.25) is 0 Å². The molecule has 2 aromatic rings. The van der Waals surface area contributed by atoms with Gasteiger partial charge in [0.2, 0.25) is 0 Å². The summed E-state index contributed by atoms with van der Waals surface area (Å²) in [7, 11) is 0. The largest absolute Gasteiger partial charge is 0.385 e. The van der Waals surface area contributed by atoms with Crippen molar-refractivity contribution in [1.82, 2.24) is 0 Å². The van der Waals surface area contributed by atoms with E-state index in [0.717, 1.165) is 16.5 Å². The van der Waals surface area contributed by atoms with E-state index in [-0.39, 0.29) is 0 Å². The third-order valence-electron chi connectivity index (χ3n) is 3.56. The van der Waals surface area contributed by atoms with Crippen LogP contribution in [0.4, 0.5) is 0 Å². The number of hydrogen-bond acceptors (Lipinski definition) is 2. The Morgan fingerprint density at radius 1 is 1.16 bits per heavy atom. The zero-order chi connectivity index (χ0) is 13.5. The van der Waals surface area contributed by atoms with E-state index in [1.54, 1.807) is 0 Å². The Labute approximate surface area is 126 Å². The molecule has 0 radical (unpaired) electrons. The number of hydrogen-bond donors (Lipinski definition) is 1. The second kappa shape index (κ2) is 4.97. The maximum Gasteiger partial charge on any atom is 0.0893 e. The molecule has 0 fully saturated rings. The van der Waals surface area contributed by atoms with Crippen LogP contribution < -0.4 is 0 Å². The molecule has 0 saturated heterocycles. The van der Waals surface area contributed by atoms with Gasteiger partial charge in [0.1, 0.15) is 0 Å². The molecule has 1 heterocycles. The van der Waals surface area contributed by atoms with Crippen LogP contribution in [0.1, 0.15) is 29.7 Å². The number of benzene rings is 2. The van der Waals surface area contributed by atoms with Crippen LogP contribution in [0.3, 0.4) is 0 Å². The third-order valence-corrected chi connectivity index (χ3v) is 5.42. The molecule has 1 nitrogen and oxygen atoms in total. The minimum Gasteiger partial charge on any atom is -0.385 e. The SMILES string of the molecule is C[C@@]1(O)C[C@H](c2ccc(Br)cc2)Sc2ccccc21. The first-order valence-corrected chi connectivity index (χ1v) is 7.97. The second-order valence-corrected chi connectivity index (χ2v) is 7.29. The summed E-state index contributed by atoms with van der Waals surface area (Å²) in [5, 5.41) is 11.0. The Morgan fingerprint density at radius 3 is 2.58 bits per heavy atom. The molecule has 2 aromatic carbocycles. The topological polar surface area (TPSA) is 20.2 Å². The van der Waals surface area contributed by atoms with Crippen molar-refractivity contribution in [2.75, 3.05) is 0 Å². The number of halogens is 1. The molecule has 0 spiro atoms. The second-order valence-electron chi connectivity index (χ2n) is 5.13. The van der Waals surface area contributed by atoms with Gasteiger partial charge < -0.3 is 5.11 Å². The molecule has 98 valence electrons. The summed E-state index contributed by atoms with van der Waals surface area (Å²) < 4.78 is 1.09. The van der Waals surface area contributed by atoms with Crippen LogP contribution in [0.5, 0.6) is 0 Å².